The molecule has 0 saturated heterocycles. The second-order valence-corrected chi connectivity index (χ2v) is 7.56. The van der Waals surface area contributed by atoms with Crippen LogP contribution in [0.1, 0.15) is 4.88 Å². The Labute approximate surface area is 121 Å². The first-order chi connectivity index (χ1) is 8.92. The summed E-state index contributed by atoms with van der Waals surface area (Å²) in [5, 5.41) is 3.24. The molecular weight excluding hydrogens is 304 g/mol. The Balaban J connectivity index is 1.95. The molecule has 1 heterocycles. The molecule has 102 valence electrons. The summed E-state index contributed by atoms with van der Waals surface area (Å²) in [6.45, 7) is 0.691. The Morgan fingerprint density at radius 1 is 1.11 bits per heavy atom. The first kappa shape index (κ1) is 14.2. The van der Waals surface area contributed by atoms with Crippen molar-refractivity contribution in [2.45, 2.75) is 6.54 Å². The van der Waals surface area contributed by atoms with Gasteiger partial charge in [-0.15, -0.1) is 11.3 Å². The molecule has 0 bridgehead atoms. The number of hydrogen-bond donors (Lipinski definition) is 2. The summed E-state index contributed by atoms with van der Waals surface area (Å²) >= 11 is 7.38. The second-order valence-electron chi connectivity index (χ2n) is 4.01. The largest absolute Gasteiger partial charge is 0.380 e. The topological polar surface area (TPSA) is 58.2 Å². The maximum Gasteiger partial charge on any atom is 0.229 e. The molecular formula is C12H13ClN2O2S2. The monoisotopic (exact) mass is 316 g/mol. The zero-order valence-corrected chi connectivity index (χ0v) is 12.6. The maximum atomic E-state index is 11.1. The molecule has 0 atom stereocenters. The van der Waals surface area contributed by atoms with E-state index >= 15 is 0 Å². The van der Waals surface area contributed by atoms with Gasteiger partial charge in [-0.1, -0.05) is 11.6 Å². The SMILES string of the molecule is CS(=O)(=O)Nc1ccc(NCc2ccc(Cl)s2)cc1. The summed E-state index contributed by atoms with van der Waals surface area (Å²) in [6, 6.07) is 10.9. The molecule has 0 saturated carbocycles. The number of benzene rings is 1. The fraction of sp³-hybridized carbons (Fsp3) is 0.167. The Bertz CT molecular complexity index is 651. The third-order valence-electron chi connectivity index (χ3n) is 2.28. The fourth-order valence-electron chi connectivity index (χ4n) is 1.51. The van der Waals surface area contributed by atoms with Crippen LogP contribution >= 0.6 is 22.9 Å². The molecule has 7 heteroatoms. The van der Waals surface area contributed by atoms with Crippen LogP contribution in [0, 0.1) is 0 Å². The van der Waals surface area contributed by atoms with E-state index in [0.29, 0.717) is 12.2 Å². The van der Waals surface area contributed by atoms with Crippen LogP contribution in [0.15, 0.2) is 36.4 Å². The van der Waals surface area contributed by atoms with E-state index in [0.717, 1.165) is 21.2 Å². The zero-order valence-electron chi connectivity index (χ0n) is 10.2. The minimum absolute atomic E-state index is 0.548. The molecule has 0 fully saturated rings. The van der Waals surface area contributed by atoms with E-state index in [-0.39, 0.29) is 0 Å². The van der Waals surface area contributed by atoms with Gasteiger partial charge in [0.15, 0.2) is 0 Å². The summed E-state index contributed by atoms with van der Waals surface area (Å²) in [7, 11) is -3.23. The summed E-state index contributed by atoms with van der Waals surface area (Å²) in [5.41, 5.74) is 1.47. The van der Waals surface area contributed by atoms with Crippen molar-refractivity contribution in [2.24, 2.45) is 0 Å². The van der Waals surface area contributed by atoms with Crippen LogP contribution in [0.3, 0.4) is 0 Å². The Morgan fingerprint density at radius 2 is 1.74 bits per heavy atom. The molecule has 2 aromatic rings. The van der Waals surface area contributed by atoms with Crippen LogP contribution in [0.5, 0.6) is 0 Å². The van der Waals surface area contributed by atoms with Crippen LogP contribution in [0.2, 0.25) is 4.34 Å². The lowest BCUT2D eigenvalue weighted by Crippen LogP contribution is -2.09. The van der Waals surface area contributed by atoms with Gasteiger partial charge in [0.25, 0.3) is 0 Å². The van der Waals surface area contributed by atoms with Crippen LogP contribution in [-0.2, 0) is 16.6 Å². The van der Waals surface area contributed by atoms with E-state index in [1.165, 1.54) is 11.3 Å². The molecule has 0 unspecified atom stereocenters. The van der Waals surface area contributed by atoms with Crippen LogP contribution in [0.25, 0.3) is 0 Å². The van der Waals surface area contributed by atoms with E-state index in [9.17, 15) is 8.42 Å². The van der Waals surface area contributed by atoms with Crippen molar-refractivity contribution >= 4 is 44.3 Å². The van der Waals surface area contributed by atoms with Crippen molar-refractivity contribution in [3.63, 3.8) is 0 Å². The number of halogens is 1. The van der Waals surface area contributed by atoms with Gasteiger partial charge >= 0.3 is 0 Å². The lowest BCUT2D eigenvalue weighted by atomic mass is 10.3. The van der Waals surface area contributed by atoms with Crippen molar-refractivity contribution in [3.05, 3.63) is 45.6 Å². The minimum Gasteiger partial charge on any atom is -0.380 e. The van der Waals surface area contributed by atoms with Gasteiger partial charge in [-0.3, -0.25) is 4.72 Å². The number of thiophene rings is 1. The predicted molar refractivity (Wildman–Crippen MR) is 81.6 cm³/mol. The van der Waals surface area contributed by atoms with Crippen molar-refractivity contribution in [1.82, 2.24) is 0 Å². The van der Waals surface area contributed by atoms with E-state index in [1.807, 2.05) is 24.3 Å². The van der Waals surface area contributed by atoms with Crippen molar-refractivity contribution in [1.29, 1.82) is 0 Å². The third-order valence-corrected chi connectivity index (χ3v) is 4.12. The lowest BCUT2D eigenvalue weighted by Gasteiger charge is -2.07. The van der Waals surface area contributed by atoms with Gasteiger partial charge in [0.05, 0.1) is 10.6 Å². The number of nitrogens with one attached hydrogen (secondary N) is 2. The highest BCUT2D eigenvalue weighted by atomic mass is 35.5. The van der Waals surface area contributed by atoms with Gasteiger partial charge in [-0.25, -0.2) is 8.42 Å². The van der Waals surface area contributed by atoms with E-state index < -0.39 is 10.0 Å². The van der Waals surface area contributed by atoms with Crippen LogP contribution < -0.4 is 10.0 Å². The highest BCUT2D eigenvalue weighted by molar-refractivity contribution is 7.92. The average molecular weight is 317 g/mol. The van der Waals surface area contributed by atoms with Gasteiger partial charge < -0.3 is 5.32 Å². The minimum atomic E-state index is -3.23. The molecule has 1 aromatic carbocycles. The van der Waals surface area contributed by atoms with Crippen molar-refractivity contribution in [2.75, 3.05) is 16.3 Å². The summed E-state index contributed by atoms with van der Waals surface area (Å²) < 4.78 is 25.3. The summed E-state index contributed by atoms with van der Waals surface area (Å²) in [4.78, 5) is 1.14. The lowest BCUT2D eigenvalue weighted by molar-refractivity contribution is 0.607. The standard InChI is InChI=1S/C12H13ClN2O2S2/c1-19(16,17)15-10-4-2-9(3-5-10)14-8-11-6-7-12(13)18-11/h2-7,14-15H,8H2,1H3. The van der Waals surface area contributed by atoms with E-state index in [2.05, 4.69) is 10.0 Å². The molecule has 0 aliphatic heterocycles. The summed E-state index contributed by atoms with van der Waals surface area (Å²) in [5.74, 6) is 0. The number of anilines is 2. The number of rotatable bonds is 5. The van der Waals surface area contributed by atoms with Gasteiger partial charge in [-0.2, -0.15) is 0 Å². The molecule has 0 aliphatic carbocycles. The smallest absolute Gasteiger partial charge is 0.229 e. The molecule has 1 aromatic heterocycles. The maximum absolute atomic E-state index is 11.1. The highest BCUT2D eigenvalue weighted by Crippen LogP contribution is 2.22. The molecule has 0 spiro atoms. The predicted octanol–water partition coefficient (Wildman–Crippen LogP) is 3.39. The van der Waals surface area contributed by atoms with Crippen molar-refractivity contribution < 1.29 is 8.42 Å². The molecule has 0 aliphatic rings. The van der Waals surface area contributed by atoms with Gasteiger partial charge in [0.1, 0.15) is 0 Å². The van der Waals surface area contributed by atoms with E-state index in [1.54, 1.807) is 12.1 Å². The molecule has 19 heavy (non-hydrogen) atoms. The van der Waals surface area contributed by atoms with Crippen LogP contribution in [0.4, 0.5) is 11.4 Å². The Kier molecular flexibility index (Phi) is 4.34. The first-order valence-electron chi connectivity index (χ1n) is 5.48. The van der Waals surface area contributed by atoms with Gasteiger partial charge in [0.2, 0.25) is 10.0 Å². The summed E-state index contributed by atoms with van der Waals surface area (Å²) in [6.07, 6.45) is 1.12. The average Bonchev–Trinajstić information content (AvgIpc) is 2.72. The normalized spacial score (nSPS) is 11.3. The highest BCUT2D eigenvalue weighted by Gasteiger charge is 2.02. The molecule has 4 nitrogen and oxygen atoms in total. The van der Waals surface area contributed by atoms with Gasteiger partial charge in [-0.05, 0) is 36.4 Å². The second kappa shape index (κ2) is 5.81. The quantitative estimate of drug-likeness (QED) is 0.889. The van der Waals surface area contributed by atoms with E-state index in [4.69, 9.17) is 11.6 Å². The van der Waals surface area contributed by atoms with Gasteiger partial charge in [0, 0.05) is 22.8 Å². The third kappa shape index (κ3) is 4.74. The first-order valence-corrected chi connectivity index (χ1v) is 8.57. The molecule has 0 amide bonds. The Hall–Kier alpha value is -1.24. The molecule has 2 rings (SSSR count). The Morgan fingerprint density at radius 3 is 2.26 bits per heavy atom. The molecule has 2 N–H and O–H groups in total. The number of hydrogen-bond acceptors (Lipinski definition) is 4. The molecule has 0 radical (unpaired) electrons. The van der Waals surface area contributed by atoms with Crippen LogP contribution in [-0.4, -0.2) is 14.7 Å². The fourth-order valence-corrected chi connectivity index (χ4v) is 3.10. The number of sulfonamides is 1. The van der Waals surface area contributed by atoms with Crippen molar-refractivity contribution in [3.8, 4) is 0 Å². The zero-order chi connectivity index (χ0) is 13.9.